The van der Waals surface area contributed by atoms with Crippen LogP contribution in [0, 0.1) is 5.92 Å². The zero-order valence-electron chi connectivity index (χ0n) is 6.42. The molecule has 56 valence electrons. The van der Waals surface area contributed by atoms with Gasteiger partial charge >= 0.3 is 0 Å². The minimum Gasteiger partial charge on any atom is -0.377 e. The number of nitrogens with zero attached hydrogens (tertiary/aromatic N) is 1. The van der Waals surface area contributed by atoms with E-state index in [1.807, 2.05) is 0 Å². The van der Waals surface area contributed by atoms with Crippen molar-refractivity contribution in [2.75, 3.05) is 13.1 Å². The van der Waals surface area contributed by atoms with Gasteiger partial charge in [-0.2, -0.15) is 0 Å². The summed E-state index contributed by atoms with van der Waals surface area (Å²) >= 11 is 0. The van der Waals surface area contributed by atoms with E-state index in [1.165, 1.54) is 38.8 Å². The van der Waals surface area contributed by atoms with Crippen LogP contribution >= 0.6 is 0 Å². The van der Waals surface area contributed by atoms with Crippen molar-refractivity contribution in [3.05, 3.63) is 12.3 Å². The Hall–Kier alpha value is -0.460. The van der Waals surface area contributed by atoms with Crippen LogP contribution in [0.25, 0.3) is 0 Å². The monoisotopic (exact) mass is 137 g/mol. The van der Waals surface area contributed by atoms with E-state index in [9.17, 15) is 0 Å². The lowest BCUT2D eigenvalue weighted by Gasteiger charge is -2.22. The Balaban J connectivity index is 1.78. The van der Waals surface area contributed by atoms with Gasteiger partial charge in [-0.15, -0.1) is 0 Å². The van der Waals surface area contributed by atoms with Gasteiger partial charge in [0, 0.05) is 13.1 Å². The lowest BCUT2D eigenvalue weighted by atomic mass is 10.2. The van der Waals surface area contributed by atoms with E-state index < -0.39 is 0 Å². The molecule has 0 aromatic rings. The molecule has 0 saturated heterocycles. The zero-order valence-corrected chi connectivity index (χ0v) is 6.42. The fraction of sp³-hybridized carbons (Fsp3) is 0.778. The maximum absolute atomic E-state index is 2.47. The first-order chi connectivity index (χ1) is 4.95. The summed E-state index contributed by atoms with van der Waals surface area (Å²) < 4.78 is 0. The van der Waals surface area contributed by atoms with Gasteiger partial charge in [0.1, 0.15) is 0 Å². The largest absolute Gasteiger partial charge is 0.377 e. The number of rotatable bonds is 2. The summed E-state index contributed by atoms with van der Waals surface area (Å²) in [6.45, 7) is 2.63. The first-order valence-electron chi connectivity index (χ1n) is 4.36. The van der Waals surface area contributed by atoms with Crippen molar-refractivity contribution in [2.45, 2.75) is 25.7 Å². The van der Waals surface area contributed by atoms with E-state index in [1.54, 1.807) is 0 Å². The van der Waals surface area contributed by atoms with Gasteiger partial charge in [0.05, 0.1) is 0 Å². The summed E-state index contributed by atoms with van der Waals surface area (Å²) in [7, 11) is 0. The number of allylic oxidation sites excluding steroid dienone is 1. The highest BCUT2D eigenvalue weighted by molar-refractivity contribution is 4.90. The molecule has 10 heavy (non-hydrogen) atoms. The first kappa shape index (κ1) is 6.26. The molecule has 1 saturated carbocycles. The van der Waals surface area contributed by atoms with Gasteiger partial charge in [0.15, 0.2) is 0 Å². The second kappa shape index (κ2) is 2.65. The van der Waals surface area contributed by atoms with E-state index >= 15 is 0 Å². The molecule has 2 rings (SSSR count). The highest BCUT2D eigenvalue weighted by Gasteiger charge is 2.23. The predicted octanol–water partition coefficient (Wildman–Crippen LogP) is 2.01. The molecule has 0 aromatic carbocycles. The summed E-state index contributed by atoms with van der Waals surface area (Å²) in [6.07, 6.45) is 10.2. The minimum absolute atomic E-state index is 1.04. The van der Waals surface area contributed by atoms with E-state index in [4.69, 9.17) is 0 Å². The Morgan fingerprint density at radius 2 is 2.30 bits per heavy atom. The third-order valence-electron chi connectivity index (χ3n) is 2.32. The molecule has 1 aliphatic heterocycles. The maximum Gasteiger partial charge on any atom is 0.0200 e. The van der Waals surface area contributed by atoms with Crippen LogP contribution in [-0.4, -0.2) is 18.0 Å². The normalized spacial score (nSPS) is 25.4. The molecule has 0 unspecified atom stereocenters. The SMILES string of the molecule is C1=CN(CC2CC2)CCC1. The van der Waals surface area contributed by atoms with Crippen LogP contribution in [0.2, 0.25) is 0 Å². The molecule has 0 amide bonds. The first-order valence-corrected chi connectivity index (χ1v) is 4.36. The van der Waals surface area contributed by atoms with E-state index in [-0.39, 0.29) is 0 Å². The van der Waals surface area contributed by atoms with Crippen LogP contribution in [0.5, 0.6) is 0 Å². The second-order valence-electron chi connectivity index (χ2n) is 3.47. The molecule has 0 spiro atoms. The molecular weight excluding hydrogens is 122 g/mol. The number of hydrogen-bond acceptors (Lipinski definition) is 1. The van der Waals surface area contributed by atoms with Gasteiger partial charge in [0.25, 0.3) is 0 Å². The molecule has 1 nitrogen and oxygen atoms in total. The van der Waals surface area contributed by atoms with Gasteiger partial charge in [-0.25, -0.2) is 0 Å². The zero-order chi connectivity index (χ0) is 6.81. The standard InChI is InChI=1S/C9H15N/c1-2-6-10(7-3-1)8-9-4-5-9/h2,6,9H,1,3-5,7-8H2. The Morgan fingerprint density at radius 3 is 2.90 bits per heavy atom. The molecule has 1 heterocycles. The molecule has 0 bridgehead atoms. The van der Waals surface area contributed by atoms with Crippen LogP contribution in [0.1, 0.15) is 25.7 Å². The highest BCUT2D eigenvalue weighted by Crippen LogP contribution is 2.30. The van der Waals surface area contributed by atoms with Crippen molar-refractivity contribution in [1.29, 1.82) is 0 Å². The Labute approximate surface area is 62.7 Å². The Kier molecular flexibility index (Phi) is 1.66. The van der Waals surface area contributed by atoms with Crippen LogP contribution in [0.4, 0.5) is 0 Å². The van der Waals surface area contributed by atoms with Crippen molar-refractivity contribution in [2.24, 2.45) is 5.92 Å². The molecule has 0 N–H and O–H groups in total. The van der Waals surface area contributed by atoms with Gasteiger partial charge in [-0.1, -0.05) is 6.08 Å². The van der Waals surface area contributed by atoms with Crippen LogP contribution in [-0.2, 0) is 0 Å². The summed E-state index contributed by atoms with van der Waals surface area (Å²) in [4.78, 5) is 2.47. The van der Waals surface area contributed by atoms with Gasteiger partial charge < -0.3 is 4.90 Å². The van der Waals surface area contributed by atoms with E-state index in [0.717, 1.165) is 5.92 Å². The third-order valence-corrected chi connectivity index (χ3v) is 2.32. The fourth-order valence-electron chi connectivity index (χ4n) is 1.49. The van der Waals surface area contributed by atoms with Crippen molar-refractivity contribution in [3.63, 3.8) is 0 Å². The minimum atomic E-state index is 1.04. The van der Waals surface area contributed by atoms with Gasteiger partial charge in [0.2, 0.25) is 0 Å². The molecule has 0 aromatic heterocycles. The van der Waals surface area contributed by atoms with Crippen molar-refractivity contribution < 1.29 is 0 Å². The van der Waals surface area contributed by atoms with Crippen LogP contribution in [0.3, 0.4) is 0 Å². The maximum atomic E-state index is 2.47. The topological polar surface area (TPSA) is 3.24 Å². The molecule has 1 heteroatoms. The van der Waals surface area contributed by atoms with Gasteiger partial charge in [-0.3, -0.25) is 0 Å². The van der Waals surface area contributed by atoms with Gasteiger partial charge in [-0.05, 0) is 37.8 Å². The van der Waals surface area contributed by atoms with E-state index in [2.05, 4.69) is 17.2 Å². The molecule has 1 aliphatic carbocycles. The molecule has 1 fully saturated rings. The molecular formula is C9H15N. The molecule has 0 radical (unpaired) electrons. The molecule has 2 aliphatic rings. The summed E-state index contributed by atoms with van der Waals surface area (Å²) in [5.41, 5.74) is 0. The Bertz CT molecular complexity index is 136. The van der Waals surface area contributed by atoms with E-state index in [0.29, 0.717) is 0 Å². The Morgan fingerprint density at radius 1 is 1.40 bits per heavy atom. The molecule has 0 atom stereocenters. The quantitative estimate of drug-likeness (QED) is 0.562. The lowest BCUT2D eigenvalue weighted by molar-refractivity contribution is 0.341. The van der Waals surface area contributed by atoms with Crippen molar-refractivity contribution in [1.82, 2.24) is 4.90 Å². The summed E-state index contributed by atoms with van der Waals surface area (Å²) in [5.74, 6) is 1.04. The van der Waals surface area contributed by atoms with Crippen molar-refractivity contribution >= 4 is 0 Å². The smallest absolute Gasteiger partial charge is 0.0200 e. The lowest BCUT2D eigenvalue weighted by Crippen LogP contribution is -2.23. The number of hydrogen-bond donors (Lipinski definition) is 0. The van der Waals surface area contributed by atoms with Crippen LogP contribution in [0.15, 0.2) is 12.3 Å². The second-order valence-corrected chi connectivity index (χ2v) is 3.47. The predicted molar refractivity (Wildman–Crippen MR) is 42.7 cm³/mol. The summed E-state index contributed by atoms with van der Waals surface area (Å²) in [6, 6.07) is 0. The summed E-state index contributed by atoms with van der Waals surface area (Å²) in [5, 5.41) is 0. The average Bonchev–Trinajstić information content (AvgIpc) is 2.74. The highest BCUT2D eigenvalue weighted by atomic mass is 15.1. The van der Waals surface area contributed by atoms with Crippen molar-refractivity contribution in [3.8, 4) is 0 Å². The third kappa shape index (κ3) is 1.53. The fourth-order valence-corrected chi connectivity index (χ4v) is 1.49. The average molecular weight is 137 g/mol. The van der Waals surface area contributed by atoms with Crippen LogP contribution < -0.4 is 0 Å².